The van der Waals surface area contributed by atoms with Crippen LogP contribution in [-0.4, -0.2) is 56.3 Å². The summed E-state index contributed by atoms with van der Waals surface area (Å²) in [6, 6.07) is 6.13. The van der Waals surface area contributed by atoms with Crippen molar-refractivity contribution in [1.82, 2.24) is 9.21 Å². The van der Waals surface area contributed by atoms with Gasteiger partial charge in [-0.1, -0.05) is 0 Å². The van der Waals surface area contributed by atoms with E-state index in [1.54, 1.807) is 17.0 Å². The molecule has 0 bridgehead atoms. The summed E-state index contributed by atoms with van der Waals surface area (Å²) in [7, 11) is -0.786. The molecule has 130 valence electrons. The van der Waals surface area contributed by atoms with E-state index >= 15 is 0 Å². The summed E-state index contributed by atoms with van der Waals surface area (Å²) in [4.78, 5) is 14.2. The second-order valence-electron chi connectivity index (χ2n) is 5.93. The smallest absolute Gasteiger partial charge is 0.243 e. The SMILES string of the molecule is COc1ccc(S(=O)(=O)N(C)CC(=O)N(C(C)C)C(C)C)cc1. The second kappa shape index (κ2) is 7.79. The van der Waals surface area contributed by atoms with E-state index in [0.717, 1.165) is 4.31 Å². The first kappa shape index (κ1) is 19.4. The number of carbonyl (C=O) groups is 1. The molecule has 0 aliphatic rings. The van der Waals surface area contributed by atoms with Crippen molar-refractivity contribution in [3.63, 3.8) is 0 Å². The Morgan fingerprint density at radius 2 is 1.57 bits per heavy atom. The van der Waals surface area contributed by atoms with E-state index < -0.39 is 10.0 Å². The van der Waals surface area contributed by atoms with E-state index in [-0.39, 0.29) is 29.4 Å². The molecule has 0 aliphatic heterocycles. The maximum Gasteiger partial charge on any atom is 0.243 e. The first-order valence-corrected chi connectivity index (χ1v) is 8.96. The lowest BCUT2D eigenvalue weighted by atomic mass is 10.2. The Hall–Kier alpha value is -1.60. The zero-order chi connectivity index (χ0) is 17.8. The Labute approximate surface area is 139 Å². The highest BCUT2D eigenvalue weighted by Crippen LogP contribution is 2.19. The summed E-state index contributed by atoms with van der Waals surface area (Å²) in [6.45, 7) is 7.46. The number of rotatable bonds is 7. The van der Waals surface area contributed by atoms with E-state index in [4.69, 9.17) is 4.74 Å². The van der Waals surface area contributed by atoms with Gasteiger partial charge in [0, 0.05) is 19.1 Å². The maximum absolute atomic E-state index is 12.5. The minimum Gasteiger partial charge on any atom is -0.497 e. The van der Waals surface area contributed by atoms with Gasteiger partial charge >= 0.3 is 0 Å². The minimum absolute atomic E-state index is 0.0135. The summed E-state index contributed by atoms with van der Waals surface area (Å²) in [5, 5.41) is 0. The lowest BCUT2D eigenvalue weighted by molar-refractivity contribution is -0.134. The predicted molar refractivity (Wildman–Crippen MR) is 89.9 cm³/mol. The number of likely N-dealkylation sites (N-methyl/N-ethyl adjacent to an activating group) is 1. The quantitative estimate of drug-likeness (QED) is 0.760. The van der Waals surface area contributed by atoms with E-state index in [1.165, 1.54) is 26.3 Å². The average molecular weight is 342 g/mol. The van der Waals surface area contributed by atoms with Crippen LogP contribution < -0.4 is 4.74 Å². The fourth-order valence-electron chi connectivity index (χ4n) is 2.46. The van der Waals surface area contributed by atoms with Crippen molar-refractivity contribution in [2.45, 2.75) is 44.7 Å². The molecule has 0 N–H and O–H groups in total. The highest BCUT2D eigenvalue weighted by molar-refractivity contribution is 7.89. The van der Waals surface area contributed by atoms with Crippen molar-refractivity contribution in [3.8, 4) is 5.75 Å². The molecule has 23 heavy (non-hydrogen) atoms. The van der Waals surface area contributed by atoms with Crippen LogP contribution in [-0.2, 0) is 14.8 Å². The van der Waals surface area contributed by atoms with Crippen LogP contribution >= 0.6 is 0 Å². The van der Waals surface area contributed by atoms with E-state index in [2.05, 4.69) is 0 Å². The van der Waals surface area contributed by atoms with Crippen LogP contribution in [0.2, 0.25) is 0 Å². The largest absolute Gasteiger partial charge is 0.497 e. The van der Waals surface area contributed by atoms with Gasteiger partial charge in [0.05, 0.1) is 18.6 Å². The molecular formula is C16H26N2O4S. The van der Waals surface area contributed by atoms with Crippen molar-refractivity contribution in [1.29, 1.82) is 0 Å². The standard InChI is InChI=1S/C16H26N2O4S/c1-12(2)18(13(3)4)16(19)11-17(5)23(20,21)15-9-7-14(22-6)8-10-15/h7-10,12-13H,11H2,1-6H3. The molecule has 0 atom stereocenters. The fourth-order valence-corrected chi connectivity index (χ4v) is 3.58. The Kier molecular flexibility index (Phi) is 6.58. The van der Waals surface area contributed by atoms with Gasteiger partial charge in [-0.2, -0.15) is 4.31 Å². The highest BCUT2D eigenvalue weighted by Gasteiger charge is 2.27. The molecule has 0 fully saturated rings. The van der Waals surface area contributed by atoms with Crippen molar-refractivity contribution in [3.05, 3.63) is 24.3 Å². The highest BCUT2D eigenvalue weighted by atomic mass is 32.2. The monoisotopic (exact) mass is 342 g/mol. The van der Waals surface area contributed by atoms with Gasteiger partial charge in [-0.25, -0.2) is 8.42 Å². The van der Waals surface area contributed by atoms with Gasteiger partial charge in [0.2, 0.25) is 15.9 Å². The van der Waals surface area contributed by atoms with Crippen LogP contribution in [0.15, 0.2) is 29.2 Å². The van der Waals surface area contributed by atoms with E-state index in [1.807, 2.05) is 27.7 Å². The summed E-state index contributed by atoms with van der Waals surface area (Å²) in [5.74, 6) is 0.364. The molecular weight excluding hydrogens is 316 g/mol. The molecule has 1 aromatic carbocycles. The average Bonchev–Trinajstić information content (AvgIpc) is 2.46. The number of hydrogen-bond acceptors (Lipinski definition) is 4. The minimum atomic E-state index is -3.71. The third kappa shape index (κ3) is 4.68. The number of methoxy groups -OCH3 is 1. The molecule has 6 nitrogen and oxygen atoms in total. The van der Waals surface area contributed by atoms with Crippen molar-refractivity contribution < 1.29 is 17.9 Å². The van der Waals surface area contributed by atoms with Crippen LogP contribution in [0.25, 0.3) is 0 Å². The van der Waals surface area contributed by atoms with Gasteiger partial charge in [-0.15, -0.1) is 0 Å². The van der Waals surface area contributed by atoms with Crippen molar-refractivity contribution in [2.75, 3.05) is 20.7 Å². The Morgan fingerprint density at radius 1 is 1.09 bits per heavy atom. The van der Waals surface area contributed by atoms with Gasteiger partial charge in [-0.05, 0) is 52.0 Å². The number of benzene rings is 1. The van der Waals surface area contributed by atoms with Crippen LogP contribution in [0.3, 0.4) is 0 Å². The van der Waals surface area contributed by atoms with Gasteiger partial charge in [0.15, 0.2) is 0 Å². The Bertz CT molecular complexity index is 616. The molecule has 0 aromatic heterocycles. The molecule has 1 rings (SSSR count). The van der Waals surface area contributed by atoms with Crippen LogP contribution in [0, 0.1) is 0 Å². The molecule has 0 unspecified atom stereocenters. The van der Waals surface area contributed by atoms with Crippen LogP contribution in [0.1, 0.15) is 27.7 Å². The topological polar surface area (TPSA) is 66.9 Å². The van der Waals surface area contributed by atoms with E-state index in [0.29, 0.717) is 5.75 Å². The second-order valence-corrected chi connectivity index (χ2v) is 7.97. The zero-order valence-electron chi connectivity index (χ0n) is 14.6. The molecule has 0 aliphatic carbocycles. The Morgan fingerprint density at radius 3 is 1.96 bits per heavy atom. The third-order valence-corrected chi connectivity index (χ3v) is 5.34. The van der Waals surface area contributed by atoms with Crippen molar-refractivity contribution in [2.24, 2.45) is 0 Å². The van der Waals surface area contributed by atoms with Gasteiger partial charge in [-0.3, -0.25) is 4.79 Å². The summed E-state index contributed by atoms with van der Waals surface area (Å²) in [6.07, 6.45) is 0. The van der Waals surface area contributed by atoms with Gasteiger partial charge in [0.1, 0.15) is 5.75 Å². The number of sulfonamides is 1. The normalized spacial score (nSPS) is 12.0. The molecule has 0 heterocycles. The maximum atomic E-state index is 12.5. The molecule has 7 heteroatoms. The number of hydrogen-bond donors (Lipinski definition) is 0. The van der Waals surface area contributed by atoms with Gasteiger partial charge < -0.3 is 9.64 Å². The Balaban J connectivity index is 2.94. The van der Waals surface area contributed by atoms with E-state index in [9.17, 15) is 13.2 Å². The predicted octanol–water partition coefficient (Wildman–Crippen LogP) is 1.96. The van der Waals surface area contributed by atoms with Gasteiger partial charge in [0.25, 0.3) is 0 Å². The molecule has 1 amide bonds. The number of nitrogens with zero attached hydrogens (tertiary/aromatic N) is 2. The number of carbonyl (C=O) groups excluding carboxylic acids is 1. The number of amides is 1. The fraction of sp³-hybridized carbons (Fsp3) is 0.562. The zero-order valence-corrected chi connectivity index (χ0v) is 15.4. The van der Waals surface area contributed by atoms with Crippen LogP contribution in [0.5, 0.6) is 5.75 Å². The number of ether oxygens (including phenoxy) is 1. The summed E-state index contributed by atoms with van der Waals surface area (Å²) >= 11 is 0. The molecule has 0 saturated heterocycles. The molecule has 0 radical (unpaired) electrons. The van der Waals surface area contributed by atoms with Crippen molar-refractivity contribution >= 4 is 15.9 Å². The summed E-state index contributed by atoms with van der Waals surface area (Å²) in [5.41, 5.74) is 0. The first-order valence-electron chi connectivity index (χ1n) is 7.52. The van der Waals surface area contributed by atoms with Crippen LogP contribution in [0.4, 0.5) is 0 Å². The third-order valence-electron chi connectivity index (χ3n) is 3.53. The molecule has 1 aromatic rings. The lowest BCUT2D eigenvalue weighted by Gasteiger charge is -2.32. The summed E-state index contributed by atoms with van der Waals surface area (Å²) < 4.78 is 31.2. The lowest BCUT2D eigenvalue weighted by Crippen LogP contribution is -2.47. The first-order chi connectivity index (χ1) is 10.6. The molecule has 0 saturated carbocycles. The molecule has 0 spiro atoms.